The fraction of sp³-hybridized carbons (Fsp3) is 0.588. The molecule has 22 heavy (non-hydrogen) atoms. The van der Waals surface area contributed by atoms with Gasteiger partial charge in [-0.05, 0) is 33.9 Å². The number of amides is 1. The molecule has 1 radical (unpaired) electrons. The van der Waals surface area contributed by atoms with E-state index in [0.29, 0.717) is 18.6 Å². The molecule has 2 N–H and O–H groups in total. The molecule has 0 aliphatic rings. The van der Waals surface area contributed by atoms with Crippen LogP contribution in [0.4, 0.5) is 0 Å². The fourth-order valence-electron chi connectivity index (χ4n) is 2.37. The lowest BCUT2D eigenvalue weighted by atomic mass is 9.78. The second kappa shape index (κ2) is 6.95. The van der Waals surface area contributed by atoms with Gasteiger partial charge in [0.15, 0.2) is 0 Å². The van der Waals surface area contributed by atoms with Gasteiger partial charge < -0.3 is 10.3 Å². The lowest BCUT2D eigenvalue weighted by molar-refractivity contribution is -0.119. The zero-order chi connectivity index (χ0) is 17.1. The van der Waals surface area contributed by atoms with Crippen LogP contribution in [0.3, 0.4) is 0 Å². The lowest BCUT2D eigenvalue weighted by Crippen LogP contribution is -2.24. The molecule has 0 fully saturated rings. The molecule has 0 spiro atoms. The molecule has 0 atom stereocenters. The number of hydrogen-bond acceptors (Lipinski definition) is 2. The average Bonchev–Trinajstić information content (AvgIpc) is 2.35. The molecule has 0 saturated carbocycles. The second-order valence-electron chi connectivity index (χ2n) is 7.72. The van der Waals surface area contributed by atoms with Crippen molar-refractivity contribution in [3.63, 3.8) is 0 Å². The summed E-state index contributed by atoms with van der Waals surface area (Å²) in [6.45, 7) is 13.6. The molecule has 1 rings (SSSR count). The van der Waals surface area contributed by atoms with E-state index in [4.69, 9.17) is 11.5 Å². The normalized spacial score (nSPS) is 12.1. The number of carbonyl (C=O) groups is 1. The molecule has 0 aromatic heterocycles. The average molecular weight is 323 g/mol. The minimum Gasteiger partial charge on any atom is -0.507 e. The maximum atomic E-state index is 11.6. The van der Waals surface area contributed by atoms with Crippen molar-refractivity contribution in [3.8, 4) is 5.75 Å². The van der Waals surface area contributed by atoms with E-state index in [-0.39, 0.29) is 16.7 Å². The van der Waals surface area contributed by atoms with E-state index >= 15 is 0 Å². The standard InChI is InChI=1S/C17H26BClNO2/c1-16(2,3)12-9-11(7-8-14(21)20-18-19)10-13(15(12)22)17(4,5)6/h9-10,22H,7-8H2,1-6H3,(H,20,21). The summed E-state index contributed by atoms with van der Waals surface area (Å²) in [6, 6.07) is 4.00. The Morgan fingerprint density at radius 2 is 1.59 bits per heavy atom. The third kappa shape index (κ3) is 4.94. The van der Waals surface area contributed by atoms with Gasteiger partial charge in [-0.2, -0.15) is 11.5 Å². The number of nitrogens with one attached hydrogen (secondary N) is 1. The molecule has 3 nitrogen and oxygen atoms in total. The van der Waals surface area contributed by atoms with Gasteiger partial charge in [0.05, 0.1) is 0 Å². The quantitative estimate of drug-likeness (QED) is 0.828. The SMILES string of the molecule is CC(C)(C)c1cc(CCC(=O)N[B]Cl)cc(C(C)(C)C)c1O. The molecule has 0 aliphatic heterocycles. The van der Waals surface area contributed by atoms with Crippen molar-refractivity contribution in [2.75, 3.05) is 0 Å². The van der Waals surface area contributed by atoms with Gasteiger partial charge in [-0.25, -0.2) is 0 Å². The van der Waals surface area contributed by atoms with Crippen molar-refractivity contribution in [2.24, 2.45) is 0 Å². The van der Waals surface area contributed by atoms with E-state index in [1.54, 1.807) is 0 Å². The van der Waals surface area contributed by atoms with Gasteiger partial charge >= 0.3 is 6.83 Å². The van der Waals surface area contributed by atoms with E-state index in [2.05, 4.69) is 46.8 Å². The summed E-state index contributed by atoms with van der Waals surface area (Å²) in [7, 11) is 0. The number of aryl methyl sites for hydroxylation is 1. The number of phenolic OH excluding ortho intramolecular Hbond substituents is 1. The largest absolute Gasteiger partial charge is 0.507 e. The molecule has 0 saturated heterocycles. The van der Waals surface area contributed by atoms with Gasteiger partial charge in [0.2, 0.25) is 5.91 Å². The summed E-state index contributed by atoms with van der Waals surface area (Å²) in [5.74, 6) is 0.250. The number of benzene rings is 1. The Bertz CT molecular complexity index is 510. The zero-order valence-electron chi connectivity index (χ0n) is 14.4. The number of halogens is 1. The van der Waals surface area contributed by atoms with Crippen LogP contribution in [0.5, 0.6) is 5.75 Å². The van der Waals surface area contributed by atoms with E-state index in [0.717, 1.165) is 23.5 Å². The van der Waals surface area contributed by atoms with Crippen LogP contribution in [0.2, 0.25) is 0 Å². The summed E-state index contributed by atoms with van der Waals surface area (Å²) < 4.78 is 0. The van der Waals surface area contributed by atoms with E-state index in [9.17, 15) is 9.90 Å². The van der Waals surface area contributed by atoms with Crippen LogP contribution in [0.25, 0.3) is 0 Å². The van der Waals surface area contributed by atoms with Crippen LogP contribution < -0.4 is 5.23 Å². The second-order valence-corrected chi connectivity index (χ2v) is 7.93. The number of aromatic hydroxyl groups is 1. The van der Waals surface area contributed by atoms with Gasteiger partial charge in [0.25, 0.3) is 0 Å². The van der Waals surface area contributed by atoms with Crippen LogP contribution in [0.1, 0.15) is 64.7 Å². The summed E-state index contributed by atoms with van der Waals surface area (Å²) in [5.41, 5.74) is 2.56. The number of hydrogen-bond donors (Lipinski definition) is 2. The van der Waals surface area contributed by atoms with Crippen molar-refractivity contribution in [1.82, 2.24) is 5.23 Å². The molecule has 0 unspecified atom stereocenters. The summed E-state index contributed by atoms with van der Waals surface area (Å²) >= 11 is 5.38. The lowest BCUT2D eigenvalue weighted by Gasteiger charge is -2.28. The Labute approximate surface area is 139 Å². The number of carbonyl (C=O) groups excluding carboxylic acids is 1. The summed E-state index contributed by atoms with van der Waals surface area (Å²) in [5, 5.41) is 13.1. The van der Waals surface area contributed by atoms with Crippen LogP contribution in [-0.4, -0.2) is 17.8 Å². The Morgan fingerprint density at radius 3 is 1.95 bits per heavy atom. The van der Waals surface area contributed by atoms with Gasteiger partial charge in [-0.15, -0.1) is 0 Å². The first kappa shape index (κ1) is 18.9. The third-order valence-electron chi connectivity index (χ3n) is 3.64. The first-order chi connectivity index (χ1) is 9.96. The van der Waals surface area contributed by atoms with Crippen molar-refractivity contribution in [1.29, 1.82) is 0 Å². The van der Waals surface area contributed by atoms with Crippen LogP contribution in [0, 0.1) is 0 Å². The Morgan fingerprint density at radius 1 is 1.14 bits per heavy atom. The number of phenols is 1. The summed E-state index contributed by atoms with van der Waals surface area (Å²) in [4.78, 5) is 11.6. The maximum Gasteiger partial charge on any atom is 0.370 e. The van der Waals surface area contributed by atoms with Gasteiger partial charge in [0, 0.05) is 6.42 Å². The fourth-order valence-corrected chi connectivity index (χ4v) is 2.49. The van der Waals surface area contributed by atoms with Gasteiger partial charge in [-0.3, -0.25) is 4.79 Å². The zero-order valence-corrected chi connectivity index (χ0v) is 15.1. The Balaban J connectivity index is 3.21. The third-order valence-corrected chi connectivity index (χ3v) is 3.75. The maximum absolute atomic E-state index is 11.6. The predicted molar refractivity (Wildman–Crippen MR) is 93.6 cm³/mol. The van der Waals surface area contributed by atoms with E-state index < -0.39 is 0 Å². The Kier molecular flexibility index (Phi) is 5.97. The highest BCUT2D eigenvalue weighted by Crippen LogP contribution is 2.39. The van der Waals surface area contributed by atoms with Gasteiger partial charge in [-0.1, -0.05) is 53.7 Å². The first-order valence-corrected chi connectivity index (χ1v) is 7.98. The summed E-state index contributed by atoms with van der Waals surface area (Å²) in [6.07, 6.45) is 0.976. The predicted octanol–water partition coefficient (Wildman–Crippen LogP) is 3.81. The van der Waals surface area contributed by atoms with Crippen LogP contribution in [-0.2, 0) is 22.0 Å². The highest BCUT2D eigenvalue weighted by atomic mass is 35.5. The van der Waals surface area contributed by atoms with Crippen LogP contribution in [0.15, 0.2) is 12.1 Å². The highest BCUT2D eigenvalue weighted by molar-refractivity contribution is 6.93. The molecular formula is C17H26BClNO2. The Hall–Kier alpha value is -1.16. The monoisotopic (exact) mass is 322 g/mol. The van der Waals surface area contributed by atoms with Crippen LogP contribution >= 0.6 is 11.5 Å². The molecule has 5 heteroatoms. The topological polar surface area (TPSA) is 49.3 Å². The number of rotatable bonds is 4. The highest BCUT2D eigenvalue weighted by Gasteiger charge is 2.26. The van der Waals surface area contributed by atoms with Crippen molar-refractivity contribution in [3.05, 3.63) is 28.8 Å². The smallest absolute Gasteiger partial charge is 0.370 e. The molecule has 0 bridgehead atoms. The minimum absolute atomic E-state index is 0.113. The molecule has 1 amide bonds. The van der Waals surface area contributed by atoms with Crippen molar-refractivity contribution < 1.29 is 9.90 Å². The van der Waals surface area contributed by atoms with Crippen molar-refractivity contribution >= 4 is 24.2 Å². The molecular weight excluding hydrogens is 296 g/mol. The molecule has 0 aliphatic carbocycles. The van der Waals surface area contributed by atoms with E-state index in [1.165, 1.54) is 0 Å². The molecule has 1 aromatic rings. The molecule has 121 valence electrons. The first-order valence-electron chi connectivity index (χ1n) is 7.55. The van der Waals surface area contributed by atoms with Crippen molar-refractivity contribution in [2.45, 2.75) is 65.2 Å². The van der Waals surface area contributed by atoms with E-state index in [1.807, 2.05) is 12.1 Å². The minimum atomic E-state index is -0.160. The molecule has 0 heterocycles. The van der Waals surface area contributed by atoms with Gasteiger partial charge in [0.1, 0.15) is 5.75 Å². The molecule has 1 aromatic carbocycles.